The Labute approximate surface area is 187 Å². The van der Waals surface area contributed by atoms with Crippen molar-refractivity contribution in [2.24, 2.45) is 5.92 Å². The summed E-state index contributed by atoms with van der Waals surface area (Å²) in [6.45, 7) is 2.38. The average molecular weight is 454 g/mol. The van der Waals surface area contributed by atoms with Crippen LogP contribution in [0.15, 0.2) is 18.2 Å². The number of benzene rings is 1. The van der Waals surface area contributed by atoms with Crippen LogP contribution in [-0.2, 0) is 20.9 Å². The number of carbonyl (C=O) groups is 3. The zero-order valence-corrected chi connectivity index (χ0v) is 18.7. The third kappa shape index (κ3) is 6.09. The Morgan fingerprint density at radius 2 is 2.03 bits per heavy atom. The summed E-state index contributed by atoms with van der Waals surface area (Å²) >= 11 is 0. The SMILES string of the molecule is CCCC[C@@H](C(=O)N1CCCC1C(=O)NCc1ccc(OC)cc1OC)[C@H](F)C(=O)NO. The van der Waals surface area contributed by atoms with Crippen LogP contribution in [0.3, 0.4) is 0 Å². The number of rotatable bonds is 11. The second kappa shape index (κ2) is 12.2. The summed E-state index contributed by atoms with van der Waals surface area (Å²) in [6, 6.07) is 4.48. The highest BCUT2D eigenvalue weighted by molar-refractivity contribution is 5.92. The minimum atomic E-state index is -2.19. The number of nitrogens with zero attached hydrogens (tertiary/aromatic N) is 1. The Morgan fingerprint density at radius 3 is 2.66 bits per heavy atom. The van der Waals surface area contributed by atoms with E-state index >= 15 is 0 Å². The van der Waals surface area contributed by atoms with Gasteiger partial charge in [-0.25, -0.2) is 9.87 Å². The van der Waals surface area contributed by atoms with E-state index in [0.29, 0.717) is 43.7 Å². The molecule has 0 bridgehead atoms. The maximum absolute atomic E-state index is 14.6. The Morgan fingerprint density at radius 1 is 1.28 bits per heavy atom. The number of nitrogens with one attached hydrogen (secondary N) is 2. The summed E-state index contributed by atoms with van der Waals surface area (Å²) in [5.41, 5.74) is 2.01. The molecule has 2 rings (SSSR count). The van der Waals surface area contributed by atoms with Crippen LogP contribution in [0.2, 0.25) is 0 Å². The predicted octanol–water partition coefficient (Wildman–Crippen LogP) is 1.96. The van der Waals surface area contributed by atoms with E-state index in [2.05, 4.69) is 5.32 Å². The van der Waals surface area contributed by atoms with Crippen LogP contribution < -0.4 is 20.3 Å². The molecule has 3 amide bonds. The number of hydrogen-bond acceptors (Lipinski definition) is 6. The van der Waals surface area contributed by atoms with Gasteiger partial charge < -0.3 is 19.7 Å². The molecule has 0 aromatic heterocycles. The van der Waals surface area contributed by atoms with Crippen LogP contribution in [-0.4, -0.2) is 60.8 Å². The lowest BCUT2D eigenvalue weighted by atomic mass is 9.94. The number of carbonyl (C=O) groups excluding carboxylic acids is 3. The van der Waals surface area contributed by atoms with Crippen LogP contribution >= 0.6 is 0 Å². The molecule has 9 nitrogen and oxygen atoms in total. The predicted molar refractivity (Wildman–Crippen MR) is 114 cm³/mol. The monoisotopic (exact) mass is 453 g/mol. The van der Waals surface area contributed by atoms with Crippen molar-refractivity contribution in [1.82, 2.24) is 15.7 Å². The standard InChI is InChI=1S/C22H32FN3O6/c1-4-5-7-16(19(23)21(28)25-30)22(29)26-11-6-8-17(26)20(27)24-13-14-9-10-15(31-2)12-18(14)32-3/h9-10,12,16-17,19,30H,4-8,11,13H2,1-3H3,(H,24,27)(H,25,28)/t16-,17?,19+/m1/s1. The highest BCUT2D eigenvalue weighted by Crippen LogP contribution is 2.27. The van der Waals surface area contributed by atoms with E-state index < -0.39 is 29.9 Å². The van der Waals surface area contributed by atoms with Crippen molar-refractivity contribution in [3.63, 3.8) is 0 Å². The molecule has 3 atom stereocenters. The van der Waals surface area contributed by atoms with Crippen LogP contribution in [0.5, 0.6) is 11.5 Å². The summed E-state index contributed by atoms with van der Waals surface area (Å²) in [5, 5.41) is 11.6. The molecule has 0 aliphatic carbocycles. The molecule has 1 aliphatic rings. The molecule has 10 heteroatoms. The van der Waals surface area contributed by atoms with Gasteiger partial charge in [0.25, 0.3) is 5.91 Å². The Bertz CT molecular complexity index is 806. The van der Waals surface area contributed by atoms with Gasteiger partial charge in [0.15, 0.2) is 6.17 Å². The first-order valence-electron chi connectivity index (χ1n) is 10.7. The third-order valence-electron chi connectivity index (χ3n) is 5.69. The van der Waals surface area contributed by atoms with Gasteiger partial charge in [0.2, 0.25) is 11.8 Å². The molecule has 1 unspecified atom stereocenters. The van der Waals surface area contributed by atoms with E-state index in [-0.39, 0.29) is 18.9 Å². The topological polar surface area (TPSA) is 117 Å². The van der Waals surface area contributed by atoms with Gasteiger partial charge in [0.1, 0.15) is 17.5 Å². The molecule has 1 heterocycles. The molecule has 1 aliphatic heterocycles. The summed E-state index contributed by atoms with van der Waals surface area (Å²) in [7, 11) is 3.06. The number of hydrogen-bond donors (Lipinski definition) is 3. The van der Waals surface area contributed by atoms with Crippen molar-refractivity contribution in [3.05, 3.63) is 23.8 Å². The van der Waals surface area contributed by atoms with Crippen molar-refractivity contribution in [2.75, 3.05) is 20.8 Å². The molecule has 0 spiro atoms. The number of unbranched alkanes of at least 4 members (excludes halogenated alkanes) is 1. The summed E-state index contributed by atoms with van der Waals surface area (Å²) in [6.07, 6.45) is 0.257. The first kappa shape index (κ1) is 25.4. The Balaban J connectivity index is 2.10. The second-order valence-corrected chi connectivity index (χ2v) is 7.71. The normalized spacial score (nSPS) is 17.4. The third-order valence-corrected chi connectivity index (χ3v) is 5.69. The fraction of sp³-hybridized carbons (Fsp3) is 0.591. The van der Waals surface area contributed by atoms with Crippen molar-refractivity contribution in [1.29, 1.82) is 0 Å². The van der Waals surface area contributed by atoms with Crippen LogP contribution in [0.25, 0.3) is 0 Å². The molecule has 0 radical (unpaired) electrons. The summed E-state index contributed by atoms with van der Waals surface area (Å²) in [5.74, 6) is -2.28. The smallest absolute Gasteiger partial charge is 0.278 e. The molecule has 3 N–H and O–H groups in total. The highest BCUT2D eigenvalue weighted by atomic mass is 19.1. The van der Waals surface area contributed by atoms with E-state index in [9.17, 15) is 18.8 Å². The van der Waals surface area contributed by atoms with Gasteiger partial charge in [-0.15, -0.1) is 0 Å². The molecular weight excluding hydrogens is 421 g/mol. The molecule has 1 aromatic rings. The molecule has 1 saturated heterocycles. The van der Waals surface area contributed by atoms with Crippen LogP contribution in [0, 0.1) is 5.92 Å². The van der Waals surface area contributed by atoms with Crippen LogP contribution in [0.1, 0.15) is 44.6 Å². The van der Waals surface area contributed by atoms with Crippen molar-refractivity contribution < 1.29 is 33.5 Å². The maximum Gasteiger partial charge on any atom is 0.278 e. The lowest BCUT2D eigenvalue weighted by Gasteiger charge is -2.29. The number of hydroxylamine groups is 1. The van der Waals surface area contributed by atoms with Gasteiger partial charge in [0.05, 0.1) is 20.1 Å². The highest BCUT2D eigenvalue weighted by Gasteiger charge is 2.41. The number of amides is 3. The quantitative estimate of drug-likeness (QED) is 0.348. The molecule has 32 heavy (non-hydrogen) atoms. The molecular formula is C22H32FN3O6. The number of methoxy groups -OCH3 is 2. The van der Waals surface area contributed by atoms with Gasteiger partial charge >= 0.3 is 0 Å². The van der Waals surface area contributed by atoms with Gasteiger partial charge in [-0.05, 0) is 31.4 Å². The minimum Gasteiger partial charge on any atom is -0.497 e. The van der Waals surface area contributed by atoms with E-state index in [0.717, 1.165) is 5.56 Å². The van der Waals surface area contributed by atoms with Gasteiger partial charge in [-0.3, -0.25) is 19.6 Å². The lowest BCUT2D eigenvalue weighted by molar-refractivity contribution is -0.149. The van der Waals surface area contributed by atoms with E-state index in [1.807, 2.05) is 6.92 Å². The van der Waals surface area contributed by atoms with Crippen molar-refractivity contribution in [3.8, 4) is 11.5 Å². The number of alkyl halides is 1. The molecule has 0 saturated carbocycles. The first-order valence-corrected chi connectivity index (χ1v) is 10.7. The molecule has 1 aromatic carbocycles. The van der Waals surface area contributed by atoms with E-state index in [1.54, 1.807) is 25.3 Å². The minimum absolute atomic E-state index is 0.151. The molecule has 1 fully saturated rings. The largest absolute Gasteiger partial charge is 0.497 e. The number of likely N-dealkylation sites (tertiary alicyclic amines) is 1. The Hall–Kier alpha value is -2.88. The molecule has 178 valence electrons. The fourth-order valence-corrected chi connectivity index (χ4v) is 3.88. The summed E-state index contributed by atoms with van der Waals surface area (Å²) < 4.78 is 25.1. The zero-order valence-electron chi connectivity index (χ0n) is 18.7. The zero-order chi connectivity index (χ0) is 23.7. The number of ether oxygens (including phenoxy) is 2. The van der Waals surface area contributed by atoms with Crippen LogP contribution in [0.4, 0.5) is 4.39 Å². The van der Waals surface area contributed by atoms with Gasteiger partial charge in [0, 0.05) is 24.7 Å². The average Bonchev–Trinajstić information content (AvgIpc) is 3.31. The first-order chi connectivity index (χ1) is 15.4. The summed E-state index contributed by atoms with van der Waals surface area (Å²) in [4.78, 5) is 38.9. The van der Waals surface area contributed by atoms with Crippen molar-refractivity contribution >= 4 is 17.7 Å². The second-order valence-electron chi connectivity index (χ2n) is 7.71. The lowest BCUT2D eigenvalue weighted by Crippen LogP contribution is -2.50. The maximum atomic E-state index is 14.6. The van der Waals surface area contributed by atoms with Gasteiger partial charge in [-0.2, -0.15) is 0 Å². The van der Waals surface area contributed by atoms with E-state index in [4.69, 9.17) is 14.7 Å². The van der Waals surface area contributed by atoms with Crippen molar-refractivity contribution in [2.45, 2.75) is 57.8 Å². The number of halogens is 1. The van der Waals surface area contributed by atoms with Gasteiger partial charge in [-0.1, -0.05) is 19.8 Å². The fourth-order valence-electron chi connectivity index (χ4n) is 3.88. The Kier molecular flexibility index (Phi) is 9.70. The van der Waals surface area contributed by atoms with E-state index in [1.165, 1.54) is 17.5 Å².